The van der Waals surface area contributed by atoms with Gasteiger partial charge in [-0.15, -0.1) is 0 Å². The van der Waals surface area contributed by atoms with E-state index < -0.39 is 0 Å². The number of hydrogen-bond acceptors (Lipinski definition) is 3. The lowest BCUT2D eigenvalue weighted by atomic mass is 9.91. The number of nitrogens with two attached hydrogens (primary N) is 1. The third kappa shape index (κ3) is 0.967. The summed E-state index contributed by atoms with van der Waals surface area (Å²) in [7, 11) is 0. The van der Waals surface area contributed by atoms with Crippen molar-refractivity contribution in [1.29, 1.82) is 0 Å². The minimum Gasteiger partial charge on any atom is -0.368 e. The van der Waals surface area contributed by atoms with Gasteiger partial charge in [-0.05, 0) is 18.4 Å². The normalized spacial score (nSPS) is 19.2. The monoisotopic (exact) mass is 163 g/mol. The van der Waals surface area contributed by atoms with Gasteiger partial charge < -0.3 is 5.73 Å². The minimum atomic E-state index is 0.187. The zero-order valence-electron chi connectivity index (χ0n) is 7.46. The molecule has 3 nitrogen and oxygen atoms in total. The lowest BCUT2D eigenvalue weighted by Crippen LogP contribution is -2.15. The molecule has 0 saturated carbocycles. The molecule has 0 radical (unpaired) electrons. The highest BCUT2D eigenvalue weighted by atomic mass is 15.0. The molecule has 1 aliphatic carbocycles. The highest BCUT2D eigenvalue weighted by molar-refractivity contribution is 5.34. The van der Waals surface area contributed by atoms with Gasteiger partial charge in [0.1, 0.15) is 0 Å². The van der Waals surface area contributed by atoms with Crippen LogP contribution in [0.25, 0.3) is 0 Å². The Bertz CT molecular complexity index is 318. The predicted molar refractivity (Wildman–Crippen MR) is 47.8 cm³/mol. The van der Waals surface area contributed by atoms with Crippen molar-refractivity contribution < 1.29 is 0 Å². The summed E-state index contributed by atoms with van der Waals surface area (Å²) in [6.07, 6.45) is 4.09. The first-order valence-corrected chi connectivity index (χ1v) is 4.21. The summed E-state index contributed by atoms with van der Waals surface area (Å²) < 4.78 is 0. The summed E-state index contributed by atoms with van der Waals surface area (Å²) in [5.41, 5.74) is 8.11. The SMILES string of the molecule is CC1(C)CCc2cnc(N)nc21. The second kappa shape index (κ2) is 2.19. The maximum atomic E-state index is 5.53. The van der Waals surface area contributed by atoms with E-state index in [9.17, 15) is 0 Å². The molecule has 0 bridgehead atoms. The molecule has 2 rings (SSSR count). The fraction of sp³-hybridized carbons (Fsp3) is 0.556. The molecule has 0 aliphatic heterocycles. The molecule has 0 unspecified atom stereocenters. The van der Waals surface area contributed by atoms with E-state index >= 15 is 0 Å². The zero-order valence-corrected chi connectivity index (χ0v) is 7.46. The van der Waals surface area contributed by atoms with Crippen LogP contribution in [0.4, 0.5) is 5.95 Å². The summed E-state index contributed by atoms with van der Waals surface area (Å²) >= 11 is 0. The number of nitrogens with zero attached hydrogens (tertiary/aromatic N) is 2. The third-order valence-electron chi connectivity index (χ3n) is 2.54. The van der Waals surface area contributed by atoms with Crippen LogP contribution in [-0.4, -0.2) is 9.97 Å². The van der Waals surface area contributed by atoms with Crippen LogP contribution in [0.3, 0.4) is 0 Å². The number of rotatable bonds is 0. The Hall–Kier alpha value is -1.12. The molecule has 0 amide bonds. The lowest BCUT2D eigenvalue weighted by Gasteiger charge is -2.16. The van der Waals surface area contributed by atoms with Gasteiger partial charge in [-0.1, -0.05) is 13.8 Å². The van der Waals surface area contributed by atoms with E-state index in [-0.39, 0.29) is 5.41 Å². The van der Waals surface area contributed by atoms with E-state index in [0.717, 1.165) is 18.5 Å². The van der Waals surface area contributed by atoms with Crippen molar-refractivity contribution >= 4 is 5.95 Å². The Morgan fingerprint density at radius 2 is 2.25 bits per heavy atom. The molecular formula is C9H13N3. The average molecular weight is 163 g/mol. The minimum absolute atomic E-state index is 0.187. The van der Waals surface area contributed by atoms with E-state index in [4.69, 9.17) is 5.73 Å². The Labute approximate surface area is 72.0 Å². The van der Waals surface area contributed by atoms with Gasteiger partial charge in [-0.2, -0.15) is 0 Å². The summed E-state index contributed by atoms with van der Waals surface area (Å²) in [5.74, 6) is 0.392. The molecule has 1 heterocycles. The van der Waals surface area contributed by atoms with Crippen LogP contribution in [0.5, 0.6) is 0 Å². The topological polar surface area (TPSA) is 51.8 Å². The van der Waals surface area contributed by atoms with Gasteiger partial charge >= 0.3 is 0 Å². The van der Waals surface area contributed by atoms with Gasteiger partial charge in [0.05, 0.1) is 5.69 Å². The number of nitrogen functional groups attached to an aromatic ring is 1. The average Bonchev–Trinajstić information content (AvgIpc) is 2.28. The molecule has 3 heteroatoms. The summed E-state index contributed by atoms with van der Waals surface area (Å²) in [4.78, 5) is 8.26. The van der Waals surface area contributed by atoms with Crippen molar-refractivity contribution in [1.82, 2.24) is 9.97 Å². The highest BCUT2D eigenvalue weighted by Crippen LogP contribution is 2.36. The third-order valence-corrected chi connectivity index (χ3v) is 2.54. The van der Waals surface area contributed by atoms with Gasteiger partial charge in [0.25, 0.3) is 0 Å². The Kier molecular flexibility index (Phi) is 1.37. The number of hydrogen-bond donors (Lipinski definition) is 1. The van der Waals surface area contributed by atoms with Crippen LogP contribution in [0, 0.1) is 0 Å². The number of anilines is 1. The molecule has 12 heavy (non-hydrogen) atoms. The molecule has 0 spiro atoms. The van der Waals surface area contributed by atoms with Gasteiger partial charge in [-0.25, -0.2) is 9.97 Å². The van der Waals surface area contributed by atoms with E-state index in [1.54, 1.807) is 0 Å². The molecule has 1 aliphatic rings. The van der Waals surface area contributed by atoms with E-state index in [0.29, 0.717) is 5.95 Å². The zero-order chi connectivity index (χ0) is 8.77. The maximum absolute atomic E-state index is 5.53. The smallest absolute Gasteiger partial charge is 0.220 e. The predicted octanol–water partition coefficient (Wildman–Crippen LogP) is 1.28. The largest absolute Gasteiger partial charge is 0.368 e. The van der Waals surface area contributed by atoms with E-state index in [1.807, 2.05) is 6.20 Å². The van der Waals surface area contributed by atoms with Crippen LogP contribution < -0.4 is 5.73 Å². The van der Waals surface area contributed by atoms with Gasteiger partial charge in [-0.3, -0.25) is 0 Å². The Morgan fingerprint density at radius 3 is 3.00 bits per heavy atom. The first kappa shape index (κ1) is 7.53. The molecule has 64 valence electrons. The first-order chi connectivity index (χ1) is 5.59. The quantitative estimate of drug-likeness (QED) is 0.626. The molecule has 0 saturated heterocycles. The first-order valence-electron chi connectivity index (χ1n) is 4.21. The van der Waals surface area contributed by atoms with Gasteiger partial charge in [0, 0.05) is 11.6 Å². The fourth-order valence-electron chi connectivity index (χ4n) is 1.75. The van der Waals surface area contributed by atoms with Crippen molar-refractivity contribution in [3.05, 3.63) is 17.5 Å². The van der Waals surface area contributed by atoms with Crippen molar-refractivity contribution in [2.24, 2.45) is 0 Å². The van der Waals surface area contributed by atoms with Crippen molar-refractivity contribution in [2.45, 2.75) is 32.1 Å². The molecule has 2 N–H and O–H groups in total. The fourth-order valence-corrected chi connectivity index (χ4v) is 1.75. The van der Waals surface area contributed by atoms with E-state index in [1.165, 1.54) is 5.56 Å². The second-order valence-electron chi connectivity index (χ2n) is 3.99. The highest BCUT2D eigenvalue weighted by Gasteiger charge is 2.31. The van der Waals surface area contributed by atoms with Crippen LogP contribution >= 0.6 is 0 Å². The van der Waals surface area contributed by atoms with Crippen LogP contribution in [0.2, 0.25) is 0 Å². The van der Waals surface area contributed by atoms with E-state index in [2.05, 4.69) is 23.8 Å². The lowest BCUT2D eigenvalue weighted by molar-refractivity contribution is 0.509. The standard InChI is InChI=1S/C9H13N3/c1-9(2)4-3-6-5-11-8(10)12-7(6)9/h5H,3-4H2,1-2H3,(H2,10,11,12). The van der Waals surface area contributed by atoms with Gasteiger partial charge in [0.15, 0.2) is 0 Å². The van der Waals surface area contributed by atoms with Crippen molar-refractivity contribution in [2.75, 3.05) is 5.73 Å². The van der Waals surface area contributed by atoms with Crippen LogP contribution in [0.1, 0.15) is 31.5 Å². The maximum Gasteiger partial charge on any atom is 0.220 e. The number of aryl methyl sites for hydroxylation is 1. The number of aromatic nitrogens is 2. The molecule has 0 fully saturated rings. The molecular weight excluding hydrogens is 150 g/mol. The van der Waals surface area contributed by atoms with Gasteiger partial charge in [0.2, 0.25) is 5.95 Å². The van der Waals surface area contributed by atoms with Crippen molar-refractivity contribution in [3.8, 4) is 0 Å². The second-order valence-corrected chi connectivity index (χ2v) is 3.99. The molecule has 1 aromatic heterocycles. The summed E-state index contributed by atoms with van der Waals surface area (Å²) in [6, 6.07) is 0. The Morgan fingerprint density at radius 1 is 1.50 bits per heavy atom. The molecule has 0 aromatic carbocycles. The summed E-state index contributed by atoms with van der Waals surface area (Å²) in [6.45, 7) is 4.40. The molecule has 1 aromatic rings. The van der Waals surface area contributed by atoms with Crippen LogP contribution in [-0.2, 0) is 11.8 Å². The number of fused-ring (bicyclic) bond motifs is 1. The molecule has 0 atom stereocenters. The van der Waals surface area contributed by atoms with Crippen LogP contribution in [0.15, 0.2) is 6.20 Å². The summed E-state index contributed by atoms with van der Waals surface area (Å²) in [5, 5.41) is 0. The van der Waals surface area contributed by atoms with Crippen molar-refractivity contribution in [3.63, 3.8) is 0 Å². The Balaban J connectivity index is 2.57.